The lowest BCUT2D eigenvalue weighted by atomic mass is 10.4. The largest absolute Gasteiger partial charge is 0.383 e. The van der Waals surface area contributed by atoms with Crippen LogP contribution in [0.3, 0.4) is 0 Å². The number of ether oxygens (including phenoxy) is 1. The van der Waals surface area contributed by atoms with Crippen molar-refractivity contribution in [2.45, 2.75) is 31.8 Å². The summed E-state index contributed by atoms with van der Waals surface area (Å²) >= 11 is 0. The molecule has 0 saturated heterocycles. The van der Waals surface area contributed by atoms with Crippen LogP contribution in [-0.4, -0.2) is 57.9 Å². The molecule has 1 aliphatic rings. The average Bonchev–Trinajstić information content (AvgIpc) is 3.00. The summed E-state index contributed by atoms with van der Waals surface area (Å²) < 4.78 is 30.1. The van der Waals surface area contributed by atoms with Gasteiger partial charge >= 0.3 is 0 Å². The van der Waals surface area contributed by atoms with Gasteiger partial charge in [0.25, 0.3) is 0 Å². The summed E-state index contributed by atoms with van der Waals surface area (Å²) in [6.07, 6.45) is 2.35. The van der Waals surface area contributed by atoms with E-state index in [1.165, 1.54) is 17.1 Å². The van der Waals surface area contributed by atoms with E-state index in [-0.39, 0.29) is 11.8 Å². The van der Waals surface area contributed by atoms with Crippen LogP contribution in [0.2, 0.25) is 0 Å². The molecule has 0 aromatic rings. The molecule has 0 spiro atoms. The smallest absolute Gasteiger partial charge is 0.215 e. The first kappa shape index (κ1) is 13.9. The average molecular weight is 250 g/mol. The van der Waals surface area contributed by atoms with E-state index in [0.717, 1.165) is 0 Å². The highest BCUT2D eigenvalue weighted by molar-refractivity contribution is 7.89. The highest BCUT2D eigenvalue weighted by Gasteiger charge is 2.25. The number of likely N-dealkylation sites (N-methyl/N-ethyl adjacent to an activating group) is 1. The summed E-state index contributed by atoms with van der Waals surface area (Å²) in [5, 5.41) is 3.20. The van der Waals surface area contributed by atoms with Crippen LogP contribution in [0.4, 0.5) is 0 Å². The maximum Gasteiger partial charge on any atom is 0.215 e. The van der Waals surface area contributed by atoms with Crippen molar-refractivity contribution in [3.05, 3.63) is 0 Å². The first-order chi connectivity index (χ1) is 7.47. The summed E-state index contributed by atoms with van der Waals surface area (Å²) in [6.45, 7) is 2.80. The summed E-state index contributed by atoms with van der Waals surface area (Å²) in [6, 6.07) is 0.438. The Balaban J connectivity index is 2.34. The molecular formula is C10H22N2O3S. The van der Waals surface area contributed by atoms with Gasteiger partial charge in [0.05, 0.1) is 12.4 Å². The van der Waals surface area contributed by atoms with Gasteiger partial charge in [0, 0.05) is 32.8 Å². The molecular weight excluding hydrogens is 228 g/mol. The number of methoxy groups -OCH3 is 1. The van der Waals surface area contributed by atoms with Gasteiger partial charge in [0.2, 0.25) is 10.0 Å². The van der Waals surface area contributed by atoms with E-state index in [1.807, 2.05) is 6.92 Å². The molecule has 0 amide bonds. The van der Waals surface area contributed by atoms with Crippen LogP contribution in [0.5, 0.6) is 0 Å². The highest BCUT2D eigenvalue weighted by atomic mass is 32.2. The van der Waals surface area contributed by atoms with Gasteiger partial charge in [-0.15, -0.1) is 0 Å². The number of nitrogens with one attached hydrogen (secondary N) is 1. The lowest BCUT2D eigenvalue weighted by Crippen LogP contribution is -2.41. The van der Waals surface area contributed by atoms with Crippen molar-refractivity contribution in [3.8, 4) is 0 Å². The molecule has 1 saturated carbocycles. The van der Waals surface area contributed by atoms with E-state index >= 15 is 0 Å². The summed E-state index contributed by atoms with van der Waals surface area (Å²) in [4.78, 5) is 0. The Labute approximate surface area is 98.2 Å². The van der Waals surface area contributed by atoms with E-state index in [2.05, 4.69) is 5.32 Å². The number of hydrogen-bond donors (Lipinski definition) is 1. The maximum atomic E-state index is 11.9. The minimum absolute atomic E-state index is 0.115. The summed E-state index contributed by atoms with van der Waals surface area (Å²) in [5.41, 5.74) is 0. The maximum absolute atomic E-state index is 11.9. The molecule has 1 aliphatic carbocycles. The fourth-order valence-corrected chi connectivity index (χ4v) is 2.72. The molecule has 1 fully saturated rings. The number of rotatable bonds is 8. The lowest BCUT2D eigenvalue weighted by molar-refractivity contribution is 0.149. The summed E-state index contributed by atoms with van der Waals surface area (Å²) in [7, 11) is 0.0235. The van der Waals surface area contributed by atoms with Crippen molar-refractivity contribution in [2.75, 3.05) is 33.1 Å². The second-order valence-corrected chi connectivity index (χ2v) is 6.51. The van der Waals surface area contributed by atoms with Crippen LogP contribution in [0, 0.1) is 0 Å². The summed E-state index contributed by atoms with van der Waals surface area (Å²) in [5.74, 6) is 0.161. The fraction of sp³-hybridized carbons (Fsp3) is 1.00. The van der Waals surface area contributed by atoms with Gasteiger partial charge < -0.3 is 10.1 Å². The number of sulfonamides is 1. The Morgan fingerprint density at radius 1 is 1.50 bits per heavy atom. The second kappa shape index (κ2) is 5.95. The molecule has 1 atom stereocenters. The third-order valence-electron chi connectivity index (χ3n) is 2.84. The number of nitrogens with zero attached hydrogens (tertiary/aromatic N) is 1. The number of hydrogen-bond acceptors (Lipinski definition) is 4. The highest BCUT2D eigenvalue weighted by Crippen LogP contribution is 2.18. The second-order valence-electron chi connectivity index (χ2n) is 4.36. The first-order valence-electron chi connectivity index (χ1n) is 5.65. The van der Waals surface area contributed by atoms with Crippen LogP contribution in [-0.2, 0) is 14.8 Å². The standard InChI is InChI=1S/C10H22N2O3S/c1-9(8-15-3)12(2)16(13,14)7-6-11-10-4-5-10/h9-11H,4-8H2,1-3H3. The van der Waals surface area contributed by atoms with Crippen molar-refractivity contribution in [1.29, 1.82) is 0 Å². The molecule has 0 bridgehead atoms. The molecule has 5 nitrogen and oxygen atoms in total. The van der Waals surface area contributed by atoms with E-state index in [0.29, 0.717) is 19.2 Å². The SMILES string of the molecule is COCC(C)N(C)S(=O)(=O)CCNC1CC1. The molecule has 0 radical (unpaired) electrons. The molecule has 0 aromatic heterocycles. The molecule has 0 heterocycles. The van der Waals surface area contributed by atoms with E-state index in [9.17, 15) is 8.42 Å². The molecule has 6 heteroatoms. The fourth-order valence-electron chi connectivity index (χ4n) is 1.44. The van der Waals surface area contributed by atoms with Gasteiger partial charge in [-0.1, -0.05) is 0 Å². The molecule has 96 valence electrons. The van der Waals surface area contributed by atoms with Gasteiger partial charge in [-0.3, -0.25) is 0 Å². The first-order valence-corrected chi connectivity index (χ1v) is 7.26. The van der Waals surface area contributed by atoms with Crippen LogP contribution in [0.1, 0.15) is 19.8 Å². The molecule has 1 rings (SSSR count). The van der Waals surface area contributed by atoms with Crippen molar-refractivity contribution >= 4 is 10.0 Å². The Morgan fingerprint density at radius 3 is 2.62 bits per heavy atom. The van der Waals surface area contributed by atoms with Crippen LogP contribution < -0.4 is 5.32 Å². The Morgan fingerprint density at radius 2 is 2.12 bits per heavy atom. The van der Waals surface area contributed by atoms with Gasteiger partial charge in [0.15, 0.2) is 0 Å². The van der Waals surface area contributed by atoms with Crippen molar-refractivity contribution in [3.63, 3.8) is 0 Å². The zero-order chi connectivity index (χ0) is 12.2. The lowest BCUT2D eigenvalue weighted by Gasteiger charge is -2.23. The van der Waals surface area contributed by atoms with Gasteiger partial charge in [-0.2, -0.15) is 4.31 Å². The van der Waals surface area contributed by atoms with Gasteiger partial charge in [-0.25, -0.2) is 8.42 Å². The van der Waals surface area contributed by atoms with E-state index in [1.54, 1.807) is 14.2 Å². The Bertz CT molecular complexity index is 301. The van der Waals surface area contributed by atoms with Gasteiger partial charge in [0.1, 0.15) is 0 Å². The molecule has 0 aliphatic heterocycles. The molecule has 16 heavy (non-hydrogen) atoms. The zero-order valence-corrected chi connectivity index (χ0v) is 11.1. The van der Waals surface area contributed by atoms with E-state index < -0.39 is 10.0 Å². The monoisotopic (exact) mass is 250 g/mol. The molecule has 1 N–H and O–H groups in total. The third kappa shape index (κ3) is 4.37. The van der Waals surface area contributed by atoms with Crippen molar-refractivity contribution in [2.24, 2.45) is 0 Å². The Hall–Kier alpha value is -0.170. The van der Waals surface area contributed by atoms with E-state index in [4.69, 9.17) is 4.74 Å². The predicted molar refractivity (Wildman–Crippen MR) is 63.9 cm³/mol. The quantitative estimate of drug-likeness (QED) is 0.660. The predicted octanol–water partition coefficient (Wildman–Crippen LogP) is 0.0349. The van der Waals surface area contributed by atoms with Crippen molar-refractivity contribution in [1.82, 2.24) is 9.62 Å². The minimum Gasteiger partial charge on any atom is -0.383 e. The van der Waals surface area contributed by atoms with Crippen LogP contribution >= 0.6 is 0 Å². The topological polar surface area (TPSA) is 58.6 Å². The molecule has 1 unspecified atom stereocenters. The molecule has 0 aromatic carbocycles. The third-order valence-corrected chi connectivity index (χ3v) is 4.80. The minimum atomic E-state index is -3.16. The zero-order valence-electron chi connectivity index (χ0n) is 10.3. The Kier molecular flexibility index (Phi) is 5.17. The van der Waals surface area contributed by atoms with Crippen LogP contribution in [0.15, 0.2) is 0 Å². The van der Waals surface area contributed by atoms with Gasteiger partial charge in [-0.05, 0) is 19.8 Å². The van der Waals surface area contributed by atoms with Crippen LogP contribution in [0.25, 0.3) is 0 Å². The normalized spacial score (nSPS) is 19.0. The van der Waals surface area contributed by atoms with Crippen molar-refractivity contribution < 1.29 is 13.2 Å².